The van der Waals surface area contributed by atoms with Crippen LogP contribution in [0.25, 0.3) is 0 Å². The molecule has 0 N–H and O–H groups in total. The van der Waals surface area contributed by atoms with Gasteiger partial charge >= 0.3 is 0 Å². The molecule has 0 aromatic heterocycles. The van der Waals surface area contributed by atoms with Crippen LogP contribution in [-0.2, 0) is 16.1 Å². The molecule has 2 rings (SSSR count). The highest BCUT2D eigenvalue weighted by Gasteiger charge is 2.33. The zero-order valence-electron chi connectivity index (χ0n) is 15.0. The zero-order valence-corrected chi connectivity index (χ0v) is 15.0. The van der Waals surface area contributed by atoms with Crippen LogP contribution >= 0.6 is 0 Å². The summed E-state index contributed by atoms with van der Waals surface area (Å²) in [5.74, 6) is 0.903. The van der Waals surface area contributed by atoms with Crippen LogP contribution in [0.15, 0.2) is 24.3 Å². The van der Waals surface area contributed by atoms with Crippen molar-refractivity contribution in [3.8, 4) is 5.75 Å². The maximum absolute atomic E-state index is 12.9. The Morgan fingerprint density at radius 1 is 1.29 bits per heavy atom. The Hall–Kier alpha value is -2.04. The minimum Gasteiger partial charge on any atom is -0.497 e. The monoisotopic (exact) mass is 332 g/mol. The molecule has 5 heteroatoms. The van der Waals surface area contributed by atoms with Crippen molar-refractivity contribution >= 4 is 11.8 Å². The average Bonchev–Trinajstić information content (AvgIpc) is 2.78. The summed E-state index contributed by atoms with van der Waals surface area (Å²) in [6, 6.07) is 7.34. The number of likely N-dealkylation sites (tertiary alicyclic amines) is 1. The van der Waals surface area contributed by atoms with Crippen molar-refractivity contribution in [1.82, 2.24) is 9.80 Å². The normalized spacial score (nSPS) is 18.2. The van der Waals surface area contributed by atoms with Gasteiger partial charge in [-0.15, -0.1) is 0 Å². The first-order chi connectivity index (χ1) is 11.6. The third-order valence-electron chi connectivity index (χ3n) is 4.66. The number of rotatable bonds is 6. The second-order valence-corrected chi connectivity index (χ2v) is 6.15. The van der Waals surface area contributed by atoms with Crippen molar-refractivity contribution in [2.24, 2.45) is 0 Å². The molecular weight excluding hydrogens is 304 g/mol. The molecule has 1 saturated heterocycles. The number of hydrogen-bond donors (Lipinski definition) is 0. The Labute approximate surface area is 144 Å². The van der Waals surface area contributed by atoms with Gasteiger partial charge in [0.15, 0.2) is 0 Å². The number of likely N-dealkylation sites (N-methyl/N-ethyl adjacent to an activating group) is 1. The fourth-order valence-electron chi connectivity index (χ4n) is 3.26. The summed E-state index contributed by atoms with van der Waals surface area (Å²) in [5, 5.41) is 0. The third kappa shape index (κ3) is 4.28. The van der Waals surface area contributed by atoms with Gasteiger partial charge in [0.05, 0.1) is 7.11 Å². The zero-order chi connectivity index (χ0) is 17.5. The molecule has 1 aromatic rings. The Bertz CT molecular complexity index is 569. The largest absolute Gasteiger partial charge is 0.497 e. The van der Waals surface area contributed by atoms with Gasteiger partial charge in [-0.1, -0.05) is 18.6 Å². The van der Waals surface area contributed by atoms with Gasteiger partial charge in [0.2, 0.25) is 11.8 Å². The molecule has 2 amide bonds. The van der Waals surface area contributed by atoms with E-state index in [1.807, 2.05) is 43.0 Å². The number of nitrogens with zero attached hydrogens (tertiary/aromatic N) is 2. The van der Waals surface area contributed by atoms with E-state index in [0.29, 0.717) is 26.1 Å². The Morgan fingerprint density at radius 3 is 2.71 bits per heavy atom. The van der Waals surface area contributed by atoms with E-state index in [0.717, 1.165) is 30.6 Å². The Kier molecular flexibility index (Phi) is 6.64. The van der Waals surface area contributed by atoms with E-state index < -0.39 is 0 Å². The molecule has 0 spiro atoms. The molecule has 1 heterocycles. The van der Waals surface area contributed by atoms with Crippen molar-refractivity contribution in [3.63, 3.8) is 0 Å². The van der Waals surface area contributed by atoms with Crippen LogP contribution in [0.2, 0.25) is 0 Å². The van der Waals surface area contributed by atoms with Crippen LogP contribution in [0.4, 0.5) is 0 Å². The number of methoxy groups -OCH3 is 1. The standard InChI is InChI=1S/C19H28N2O3/c1-4-20(5-2)19(23)17-11-6-7-12-18(22)21(17)14-15-9-8-10-16(13-15)24-3/h8-10,13,17H,4-7,11-12,14H2,1-3H3. The lowest BCUT2D eigenvalue weighted by atomic mass is 10.1. The Balaban J connectivity index is 2.25. The lowest BCUT2D eigenvalue weighted by Gasteiger charge is -2.33. The van der Waals surface area contributed by atoms with Crippen LogP contribution in [-0.4, -0.2) is 47.9 Å². The van der Waals surface area contributed by atoms with E-state index in [1.54, 1.807) is 12.0 Å². The van der Waals surface area contributed by atoms with Crippen molar-refractivity contribution in [2.45, 2.75) is 52.1 Å². The van der Waals surface area contributed by atoms with Crippen molar-refractivity contribution in [3.05, 3.63) is 29.8 Å². The second kappa shape index (κ2) is 8.71. The van der Waals surface area contributed by atoms with Gasteiger partial charge in [-0.3, -0.25) is 9.59 Å². The Morgan fingerprint density at radius 2 is 2.04 bits per heavy atom. The van der Waals surface area contributed by atoms with Crippen molar-refractivity contribution in [2.75, 3.05) is 20.2 Å². The smallest absolute Gasteiger partial charge is 0.245 e. The maximum Gasteiger partial charge on any atom is 0.245 e. The number of hydrogen-bond acceptors (Lipinski definition) is 3. The number of carbonyl (C=O) groups is 2. The van der Waals surface area contributed by atoms with E-state index in [1.165, 1.54) is 0 Å². The molecule has 5 nitrogen and oxygen atoms in total. The lowest BCUT2D eigenvalue weighted by molar-refractivity contribution is -0.145. The van der Waals surface area contributed by atoms with E-state index in [-0.39, 0.29) is 17.9 Å². The molecule has 132 valence electrons. The number of carbonyl (C=O) groups excluding carboxylic acids is 2. The van der Waals surface area contributed by atoms with E-state index in [9.17, 15) is 9.59 Å². The highest BCUT2D eigenvalue weighted by atomic mass is 16.5. The molecule has 0 saturated carbocycles. The van der Waals surface area contributed by atoms with Gasteiger partial charge in [-0.05, 0) is 44.4 Å². The molecule has 0 bridgehead atoms. The van der Waals surface area contributed by atoms with E-state index in [2.05, 4.69) is 0 Å². The summed E-state index contributed by atoms with van der Waals surface area (Å²) in [7, 11) is 1.63. The third-order valence-corrected chi connectivity index (χ3v) is 4.66. The average molecular weight is 332 g/mol. The first-order valence-corrected chi connectivity index (χ1v) is 8.81. The minimum absolute atomic E-state index is 0.0677. The summed E-state index contributed by atoms with van der Waals surface area (Å²) in [4.78, 5) is 29.1. The van der Waals surface area contributed by atoms with E-state index in [4.69, 9.17) is 4.74 Å². The van der Waals surface area contributed by atoms with Crippen LogP contribution in [0.1, 0.15) is 45.1 Å². The summed E-state index contributed by atoms with van der Waals surface area (Å²) in [6.07, 6.45) is 3.03. The van der Waals surface area contributed by atoms with Gasteiger partial charge in [0, 0.05) is 26.1 Å². The highest BCUT2D eigenvalue weighted by molar-refractivity contribution is 5.88. The predicted octanol–water partition coefficient (Wildman–Crippen LogP) is 2.83. The molecule has 1 atom stereocenters. The summed E-state index contributed by atoms with van der Waals surface area (Å²) in [5.41, 5.74) is 0.988. The molecule has 1 unspecified atom stereocenters. The molecule has 24 heavy (non-hydrogen) atoms. The SMILES string of the molecule is CCN(CC)C(=O)C1CCCCC(=O)N1Cc1cccc(OC)c1. The highest BCUT2D eigenvalue weighted by Crippen LogP contribution is 2.23. The quantitative estimate of drug-likeness (QED) is 0.805. The van der Waals surface area contributed by atoms with Gasteiger partial charge in [-0.2, -0.15) is 0 Å². The van der Waals surface area contributed by atoms with Gasteiger partial charge in [0.1, 0.15) is 11.8 Å². The van der Waals surface area contributed by atoms with Crippen LogP contribution in [0.5, 0.6) is 5.75 Å². The van der Waals surface area contributed by atoms with E-state index >= 15 is 0 Å². The number of ether oxygens (including phenoxy) is 1. The predicted molar refractivity (Wildman–Crippen MR) is 93.7 cm³/mol. The molecule has 1 fully saturated rings. The summed E-state index contributed by atoms with van der Waals surface area (Å²) in [6.45, 7) is 5.76. The fourth-order valence-corrected chi connectivity index (χ4v) is 3.26. The first-order valence-electron chi connectivity index (χ1n) is 8.81. The summed E-state index contributed by atoms with van der Waals surface area (Å²) >= 11 is 0. The molecule has 1 aromatic carbocycles. The number of amides is 2. The molecule has 1 aliphatic heterocycles. The van der Waals surface area contributed by atoms with Gasteiger partial charge < -0.3 is 14.5 Å². The maximum atomic E-state index is 12.9. The van der Waals surface area contributed by atoms with Crippen LogP contribution in [0.3, 0.4) is 0 Å². The van der Waals surface area contributed by atoms with Gasteiger partial charge in [-0.25, -0.2) is 0 Å². The van der Waals surface area contributed by atoms with Gasteiger partial charge in [0.25, 0.3) is 0 Å². The molecular formula is C19H28N2O3. The van der Waals surface area contributed by atoms with Crippen molar-refractivity contribution < 1.29 is 14.3 Å². The van der Waals surface area contributed by atoms with Crippen LogP contribution in [0, 0.1) is 0 Å². The molecule has 0 radical (unpaired) electrons. The van der Waals surface area contributed by atoms with Crippen LogP contribution < -0.4 is 4.74 Å². The molecule has 0 aliphatic carbocycles. The first kappa shape index (κ1) is 18.3. The minimum atomic E-state index is -0.355. The fraction of sp³-hybridized carbons (Fsp3) is 0.579. The summed E-state index contributed by atoms with van der Waals surface area (Å²) < 4.78 is 5.26. The lowest BCUT2D eigenvalue weighted by Crippen LogP contribution is -2.49. The number of benzene rings is 1. The topological polar surface area (TPSA) is 49.9 Å². The molecule has 1 aliphatic rings. The van der Waals surface area contributed by atoms with Crippen molar-refractivity contribution in [1.29, 1.82) is 0 Å². The second-order valence-electron chi connectivity index (χ2n) is 6.15.